The standard InChI is InChI=1S/C21H23N3O5S/c1-14-17(12-30(26)13-20(25)23-11-15-5-4-8-22-10-15)24-21(29-14)16-6-7-18(27-2)19(9-16)28-3/h4-10H,11-13H2,1-3H3,(H,23,25)/t30-/m0/s1. The number of aromatic nitrogens is 2. The van der Waals surface area contributed by atoms with Crippen molar-refractivity contribution in [2.24, 2.45) is 0 Å². The first-order chi connectivity index (χ1) is 14.5. The Bertz CT molecular complexity index is 1040. The van der Waals surface area contributed by atoms with Gasteiger partial charge in [-0.1, -0.05) is 6.07 Å². The van der Waals surface area contributed by atoms with E-state index >= 15 is 0 Å². The van der Waals surface area contributed by atoms with E-state index in [0.717, 1.165) is 5.56 Å². The van der Waals surface area contributed by atoms with Crippen molar-refractivity contribution in [2.45, 2.75) is 19.2 Å². The van der Waals surface area contributed by atoms with Gasteiger partial charge in [0.25, 0.3) is 0 Å². The minimum Gasteiger partial charge on any atom is -0.493 e. The number of oxazole rings is 1. The van der Waals surface area contributed by atoms with E-state index in [1.165, 1.54) is 0 Å². The molecule has 1 atom stereocenters. The van der Waals surface area contributed by atoms with Gasteiger partial charge in [-0.05, 0) is 36.8 Å². The van der Waals surface area contributed by atoms with E-state index in [4.69, 9.17) is 13.9 Å². The number of nitrogens with one attached hydrogen (secondary N) is 1. The van der Waals surface area contributed by atoms with Crippen LogP contribution in [0.15, 0.2) is 47.1 Å². The van der Waals surface area contributed by atoms with Crippen LogP contribution in [-0.2, 0) is 27.9 Å². The van der Waals surface area contributed by atoms with Gasteiger partial charge < -0.3 is 19.2 Å². The third-order valence-corrected chi connectivity index (χ3v) is 5.50. The van der Waals surface area contributed by atoms with Gasteiger partial charge in [0.1, 0.15) is 11.5 Å². The summed E-state index contributed by atoms with van der Waals surface area (Å²) >= 11 is 0. The van der Waals surface area contributed by atoms with Crippen LogP contribution in [0.2, 0.25) is 0 Å². The van der Waals surface area contributed by atoms with E-state index in [-0.39, 0.29) is 17.4 Å². The van der Waals surface area contributed by atoms with Gasteiger partial charge in [-0.25, -0.2) is 4.98 Å². The number of methoxy groups -OCH3 is 2. The van der Waals surface area contributed by atoms with E-state index in [2.05, 4.69) is 15.3 Å². The fourth-order valence-electron chi connectivity index (χ4n) is 2.76. The third kappa shape index (κ3) is 5.44. The average molecular weight is 429 g/mol. The second-order valence-corrected chi connectivity index (χ2v) is 7.92. The number of pyridine rings is 1. The molecule has 3 aromatic rings. The number of carbonyl (C=O) groups is 1. The molecule has 0 bridgehead atoms. The van der Waals surface area contributed by atoms with Crippen molar-refractivity contribution < 1.29 is 22.9 Å². The minimum atomic E-state index is -1.42. The summed E-state index contributed by atoms with van der Waals surface area (Å²) in [5, 5.41) is 2.74. The predicted octanol–water partition coefficient (Wildman–Crippen LogP) is 2.63. The molecule has 30 heavy (non-hydrogen) atoms. The number of ether oxygens (including phenoxy) is 2. The van der Waals surface area contributed by atoms with Crippen molar-refractivity contribution in [2.75, 3.05) is 20.0 Å². The Morgan fingerprint density at radius 2 is 2.00 bits per heavy atom. The number of aryl methyl sites for hydroxylation is 1. The number of hydrogen-bond donors (Lipinski definition) is 1. The summed E-state index contributed by atoms with van der Waals surface area (Å²) in [6.07, 6.45) is 3.34. The molecule has 0 unspecified atom stereocenters. The number of rotatable bonds is 9. The topological polar surface area (TPSA) is 104 Å². The van der Waals surface area contributed by atoms with Crippen LogP contribution in [0, 0.1) is 6.92 Å². The van der Waals surface area contributed by atoms with E-state index in [9.17, 15) is 9.00 Å². The lowest BCUT2D eigenvalue weighted by Gasteiger charge is -2.07. The summed E-state index contributed by atoms with van der Waals surface area (Å²) in [5.41, 5.74) is 2.14. The smallest absolute Gasteiger partial charge is 0.232 e. The predicted molar refractivity (Wildman–Crippen MR) is 113 cm³/mol. The molecule has 1 aromatic carbocycles. The molecular formula is C21H23N3O5S. The minimum absolute atomic E-state index is 0.113. The van der Waals surface area contributed by atoms with Crippen molar-refractivity contribution in [3.05, 3.63) is 59.7 Å². The summed E-state index contributed by atoms with van der Waals surface area (Å²) in [5.74, 6) is 1.83. The highest BCUT2D eigenvalue weighted by Crippen LogP contribution is 2.32. The Morgan fingerprint density at radius 3 is 2.70 bits per heavy atom. The molecule has 9 heteroatoms. The molecule has 8 nitrogen and oxygen atoms in total. The van der Waals surface area contributed by atoms with Crippen molar-refractivity contribution in [1.82, 2.24) is 15.3 Å². The second kappa shape index (κ2) is 10.0. The lowest BCUT2D eigenvalue weighted by Crippen LogP contribution is -2.28. The maximum Gasteiger partial charge on any atom is 0.232 e. The van der Waals surface area contributed by atoms with Gasteiger partial charge in [0.2, 0.25) is 11.8 Å². The molecule has 0 aliphatic rings. The quantitative estimate of drug-likeness (QED) is 0.558. The van der Waals surface area contributed by atoms with Crippen LogP contribution in [0.1, 0.15) is 17.0 Å². The monoisotopic (exact) mass is 429 g/mol. The number of nitrogens with zero attached hydrogens (tertiary/aromatic N) is 2. The maximum absolute atomic E-state index is 12.4. The van der Waals surface area contributed by atoms with Crippen LogP contribution >= 0.6 is 0 Å². The fourth-order valence-corrected chi connectivity index (χ4v) is 3.83. The van der Waals surface area contributed by atoms with Crippen molar-refractivity contribution in [1.29, 1.82) is 0 Å². The Hall–Kier alpha value is -3.20. The van der Waals surface area contributed by atoms with Crippen molar-refractivity contribution in [3.63, 3.8) is 0 Å². The van der Waals surface area contributed by atoms with Crippen LogP contribution in [0.25, 0.3) is 11.5 Å². The van der Waals surface area contributed by atoms with Gasteiger partial charge in [-0.2, -0.15) is 0 Å². The third-order valence-electron chi connectivity index (χ3n) is 4.33. The molecule has 0 radical (unpaired) electrons. The molecule has 158 valence electrons. The number of benzene rings is 1. The van der Waals surface area contributed by atoms with Crippen LogP contribution in [0.5, 0.6) is 11.5 Å². The van der Waals surface area contributed by atoms with Gasteiger partial charge in [0, 0.05) is 35.3 Å². The molecule has 0 aliphatic carbocycles. The molecule has 2 heterocycles. The number of hydrogen-bond acceptors (Lipinski definition) is 7. The first-order valence-corrected chi connectivity index (χ1v) is 10.7. The summed E-state index contributed by atoms with van der Waals surface area (Å²) in [6.45, 7) is 2.10. The normalized spacial score (nSPS) is 11.7. The lowest BCUT2D eigenvalue weighted by atomic mass is 10.2. The van der Waals surface area contributed by atoms with E-state index < -0.39 is 10.8 Å². The second-order valence-electron chi connectivity index (χ2n) is 6.46. The van der Waals surface area contributed by atoms with Crippen LogP contribution in [0.3, 0.4) is 0 Å². The SMILES string of the molecule is COc1ccc(-c2nc(C[S@](=O)CC(=O)NCc3cccnc3)c(C)o2)cc1OC. The molecule has 0 saturated heterocycles. The molecule has 2 aromatic heterocycles. The maximum atomic E-state index is 12.4. The largest absolute Gasteiger partial charge is 0.493 e. The molecule has 1 N–H and O–H groups in total. The zero-order valence-electron chi connectivity index (χ0n) is 17.0. The Labute approximate surface area is 177 Å². The van der Waals surface area contributed by atoms with Gasteiger partial charge in [0.05, 0.1) is 25.7 Å². The number of carbonyl (C=O) groups excluding carboxylic acids is 1. The Morgan fingerprint density at radius 1 is 1.20 bits per heavy atom. The first-order valence-electron chi connectivity index (χ1n) is 9.19. The molecule has 3 rings (SSSR count). The summed E-state index contributed by atoms with van der Waals surface area (Å²) in [6, 6.07) is 8.98. The van der Waals surface area contributed by atoms with Crippen LogP contribution < -0.4 is 14.8 Å². The summed E-state index contributed by atoms with van der Waals surface area (Å²) in [7, 11) is 1.70. The number of amides is 1. The van der Waals surface area contributed by atoms with Crippen LogP contribution in [-0.4, -0.2) is 40.1 Å². The zero-order valence-corrected chi connectivity index (χ0v) is 17.8. The highest BCUT2D eigenvalue weighted by Gasteiger charge is 2.17. The molecular weight excluding hydrogens is 406 g/mol. The lowest BCUT2D eigenvalue weighted by molar-refractivity contribution is -0.118. The highest BCUT2D eigenvalue weighted by atomic mass is 32.2. The summed E-state index contributed by atoms with van der Waals surface area (Å²) < 4.78 is 28.7. The van der Waals surface area contributed by atoms with E-state index in [1.807, 2.05) is 6.07 Å². The zero-order chi connectivity index (χ0) is 21.5. The molecule has 0 aliphatic heterocycles. The van der Waals surface area contributed by atoms with Gasteiger partial charge in [-0.3, -0.25) is 14.0 Å². The van der Waals surface area contributed by atoms with E-state index in [0.29, 0.717) is 41.0 Å². The van der Waals surface area contributed by atoms with Gasteiger partial charge in [-0.15, -0.1) is 0 Å². The average Bonchev–Trinajstić information content (AvgIpc) is 3.12. The molecule has 0 spiro atoms. The van der Waals surface area contributed by atoms with E-state index in [1.54, 1.807) is 57.8 Å². The van der Waals surface area contributed by atoms with Crippen molar-refractivity contribution >= 4 is 16.7 Å². The first kappa shape index (κ1) is 21.5. The van der Waals surface area contributed by atoms with Gasteiger partial charge in [0.15, 0.2) is 11.5 Å². The van der Waals surface area contributed by atoms with Gasteiger partial charge >= 0.3 is 0 Å². The highest BCUT2D eigenvalue weighted by molar-refractivity contribution is 7.84. The molecule has 0 saturated carbocycles. The molecule has 1 amide bonds. The van der Waals surface area contributed by atoms with Crippen molar-refractivity contribution in [3.8, 4) is 23.0 Å². The van der Waals surface area contributed by atoms with Crippen LogP contribution in [0.4, 0.5) is 0 Å². The summed E-state index contributed by atoms with van der Waals surface area (Å²) in [4.78, 5) is 20.5. The fraction of sp³-hybridized carbons (Fsp3) is 0.286. The molecule has 0 fully saturated rings. The Balaban J connectivity index is 1.61. The Kier molecular flexibility index (Phi) is 7.18.